The van der Waals surface area contributed by atoms with Crippen LogP contribution in [0.15, 0.2) is 48.8 Å². The molecule has 6 nitrogen and oxygen atoms in total. The van der Waals surface area contributed by atoms with Gasteiger partial charge in [-0.2, -0.15) is 9.49 Å². The summed E-state index contributed by atoms with van der Waals surface area (Å²) in [5, 5.41) is 7.66. The molecule has 1 atom stereocenters. The van der Waals surface area contributed by atoms with Crippen LogP contribution in [0.4, 0.5) is 19.0 Å². The molecule has 2 aliphatic rings. The van der Waals surface area contributed by atoms with Gasteiger partial charge in [-0.25, -0.2) is 18.4 Å². The highest BCUT2D eigenvalue weighted by molar-refractivity contribution is 5.92. The fourth-order valence-electron chi connectivity index (χ4n) is 5.36. The van der Waals surface area contributed by atoms with Crippen molar-refractivity contribution in [1.29, 1.82) is 0 Å². The van der Waals surface area contributed by atoms with E-state index in [1.807, 2.05) is 17.0 Å². The van der Waals surface area contributed by atoms with Gasteiger partial charge < -0.3 is 10.2 Å². The van der Waals surface area contributed by atoms with Crippen molar-refractivity contribution in [2.24, 2.45) is 0 Å². The second-order valence-corrected chi connectivity index (χ2v) is 9.19. The summed E-state index contributed by atoms with van der Waals surface area (Å²) in [7, 11) is 0. The second kappa shape index (κ2) is 8.96. The number of pyridine rings is 2. The van der Waals surface area contributed by atoms with Gasteiger partial charge >= 0.3 is 0 Å². The van der Waals surface area contributed by atoms with Gasteiger partial charge in [0, 0.05) is 23.9 Å². The van der Waals surface area contributed by atoms with E-state index in [1.54, 1.807) is 18.5 Å². The van der Waals surface area contributed by atoms with E-state index in [2.05, 4.69) is 15.4 Å². The zero-order valence-electron chi connectivity index (χ0n) is 19.1. The van der Waals surface area contributed by atoms with Crippen molar-refractivity contribution in [3.63, 3.8) is 0 Å². The quantitative estimate of drug-likeness (QED) is 0.438. The van der Waals surface area contributed by atoms with Gasteiger partial charge in [-0.05, 0) is 75.2 Å². The van der Waals surface area contributed by atoms with Crippen LogP contribution in [0.1, 0.15) is 43.3 Å². The number of hydrogen-bond donors (Lipinski definition) is 1. The van der Waals surface area contributed by atoms with Gasteiger partial charge in [0.05, 0.1) is 34.9 Å². The number of piperidine rings is 1. The third kappa shape index (κ3) is 3.93. The lowest BCUT2D eigenvalue weighted by Gasteiger charge is -2.27. The molecule has 5 heterocycles. The lowest BCUT2D eigenvalue weighted by atomic mass is 10.0. The third-order valence-electron chi connectivity index (χ3n) is 7.11. The number of fused-ring (bicyclic) bond motifs is 1. The summed E-state index contributed by atoms with van der Waals surface area (Å²) in [5.41, 5.74) is 2.51. The molecule has 0 spiro atoms. The zero-order valence-corrected chi connectivity index (χ0v) is 19.1. The Morgan fingerprint density at radius 2 is 1.80 bits per heavy atom. The molecule has 0 amide bonds. The highest BCUT2D eigenvalue weighted by atomic mass is 19.1. The fourth-order valence-corrected chi connectivity index (χ4v) is 5.36. The summed E-state index contributed by atoms with van der Waals surface area (Å²) in [6.45, 7) is 2.34. The van der Waals surface area contributed by atoms with E-state index < -0.39 is 11.6 Å². The predicted molar refractivity (Wildman–Crippen MR) is 128 cm³/mol. The Morgan fingerprint density at radius 1 is 0.943 bits per heavy atom. The van der Waals surface area contributed by atoms with Gasteiger partial charge in [-0.15, -0.1) is 0 Å². The van der Waals surface area contributed by atoms with Crippen LogP contribution >= 0.6 is 0 Å². The maximum absolute atomic E-state index is 15.5. The van der Waals surface area contributed by atoms with E-state index >= 15 is 4.39 Å². The molecule has 35 heavy (non-hydrogen) atoms. The van der Waals surface area contributed by atoms with E-state index in [9.17, 15) is 8.78 Å². The van der Waals surface area contributed by atoms with Gasteiger partial charge in [-0.3, -0.25) is 4.98 Å². The van der Waals surface area contributed by atoms with Crippen molar-refractivity contribution >= 4 is 16.9 Å². The number of hydrogen-bond acceptors (Lipinski definition) is 5. The minimum absolute atomic E-state index is 0.0214. The van der Waals surface area contributed by atoms with E-state index in [0.717, 1.165) is 38.4 Å². The number of benzene rings is 1. The molecule has 2 fully saturated rings. The molecular formula is C26H25F3N6. The fraction of sp³-hybridized carbons (Fsp3) is 0.346. The topological polar surface area (TPSA) is 58.9 Å². The molecule has 4 aromatic rings. The smallest absolute Gasteiger partial charge is 0.219 e. The van der Waals surface area contributed by atoms with Gasteiger partial charge in [0.25, 0.3) is 0 Å². The normalized spacial score (nSPS) is 19.1. The number of aromatic nitrogens is 4. The minimum atomic E-state index is -0.465. The van der Waals surface area contributed by atoms with Crippen LogP contribution in [-0.2, 0) is 0 Å². The lowest BCUT2D eigenvalue weighted by molar-refractivity contribution is 0.304. The number of rotatable bonds is 4. The van der Waals surface area contributed by atoms with Gasteiger partial charge in [0.2, 0.25) is 5.95 Å². The molecule has 9 heteroatoms. The molecule has 1 N–H and O–H groups in total. The summed E-state index contributed by atoms with van der Waals surface area (Å²) in [5.74, 6) is -0.646. The number of nitrogens with one attached hydrogen (secondary N) is 1. The van der Waals surface area contributed by atoms with Crippen molar-refractivity contribution in [2.75, 3.05) is 24.5 Å². The van der Waals surface area contributed by atoms with Gasteiger partial charge in [0.15, 0.2) is 0 Å². The van der Waals surface area contributed by atoms with E-state index in [0.29, 0.717) is 46.5 Å². The second-order valence-electron chi connectivity index (χ2n) is 9.19. The van der Waals surface area contributed by atoms with E-state index in [1.165, 1.54) is 16.8 Å². The Labute approximate surface area is 200 Å². The monoisotopic (exact) mass is 478 g/mol. The lowest BCUT2D eigenvalue weighted by Crippen LogP contribution is -2.30. The molecule has 1 unspecified atom stereocenters. The summed E-state index contributed by atoms with van der Waals surface area (Å²) >= 11 is 0. The first-order chi connectivity index (χ1) is 17.1. The molecule has 3 aromatic heterocycles. The van der Waals surface area contributed by atoms with Crippen LogP contribution in [0, 0.1) is 17.6 Å². The number of nitrogens with zero attached hydrogens (tertiary/aromatic N) is 5. The van der Waals surface area contributed by atoms with Crippen LogP contribution in [0.5, 0.6) is 0 Å². The van der Waals surface area contributed by atoms with Crippen LogP contribution in [0.3, 0.4) is 0 Å². The van der Waals surface area contributed by atoms with Crippen molar-refractivity contribution in [2.45, 2.75) is 37.8 Å². The molecular weight excluding hydrogens is 453 g/mol. The van der Waals surface area contributed by atoms with Crippen LogP contribution in [-0.4, -0.2) is 39.4 Å². The molecule has 0 radical (unpaired) electrons. The summed E-state index contributed by atoms with van der Waals surface area (Å²) in [6.07, 6.45) is 6.37. The Bertz CT molecular complexity index is 1380. The Kier molecular flexibility index (Phi) is 5.64. The summed E-state index contributed by atoms with van der Waals surface area (Å²) < 4.78 is 45.5. The highest BCUT2D eigenvalue weighted by Crippen LogP contribution is 2.38. The van der Waals surface area contributed by atoms with E-state index in [-0.39, 0.29) is 18.0 Å². The Morgan fingerprint density at radius 3 is 2.66 bits per heavy atom. The molecule has 6 rings (SSSR count). The average Bonchev–Trinajstić information content (AvgIpc) is 3.52. The van der Waals surface area contributed by atoms with Crippen molar-refractivity contribution in [1.82, 2.24) is 25.1 Å². The first-order valence-electron chi connectivity index (χ1n) is 12.0. The maximum Gasteiger partial charge on any atom is 0.219 e. The van der Waals surface area contributed by atoms with Crippen molar-refractivity contribution in [3.05, 3.63) is 71.9 Å². The average molecular weight is 479 g/mol. The van der Waals surface area contributed by atoms with Gasteiger partial charge in [-0.1, -0.05) is 0 Å². The number of anilines is 1. The van der Waals surface area contributed by atoms with E-state index in [4.69, 9.17) is 4.98 Å². The van der Waals surface area contributed by atoms with Crippen LogP contribution in [0.2, 0.25) is 0 Å². The molecule has 180 valence electrons. The summed E-state index contributed by atoms with van der Waals surface area (Å²) in [6, 6.07) is 8.68. The van der Waals surface area contributed by atoms with Gasteiger partial charge in [0.1, 0.15) is 17.5 Å². The molecule has 0 aliphatic carbocycles. The van der Waals surface area contributed by atoms with Crippen molar-refractivity contribution in [3.8, 4) is 11.1 Å². The highest BCUT2D eigenvalue weighted by Gasteiger charge is 2.30. The first kappa shape index (κ1) is 22.0. The Balaban J connectivity index is 1.40. The van der Waals surface area contributed by atoms with Crippen LogP contribution < -0.4 is 10.2 Å². The van der Waals surface area contributed by atoms with Crippen molar-refractivity contribution < 1.29 is 13.2 Å². The SMILES string of the molecule is Fc1ccc(F)c(C2CCCN2c2ccc3nccc(-c4cnn(C5CCNCC5)c4F)c3n2)c1. The minimum Gasteiger partial charge on any atom is -0.349 e. The Hall–Kier alpha value is -3.46. The number of halogens is 3. The third-order valence-corrected chi connectivity index (χ3v) is 7.11. The molecule has 2 saturated heterocycles. The molecule has 0 saturated carbocycles. The molecule has 0 bridgehead atoms. The summed E-state index contributed by atoms with van der Waals surface area (Å²) in [4.78, 5) is 11.3. The maximum atomic E-state index is 15.5. The zero-order chi connectivity index (χ0) is 23.9. The molecule has 1 aromatic carbocycles. The first-order valence-corrected chi connectivity index (χ1v) is 12.0. The molecule has 2 aliphatic heterocycles. The standard InChI is InChI=1S/C26H25F3N6/c27-16-3-4-21(28)19(14-16)23-2-1-13-34(23)24-6-5-22-25(33-24)18(9-12-31-22)20-15-32-35(26(20)29)17-7-10-30-11-8-17/h3-6,9,12,14-15,17,23,30H,1-2,7-8,10-11,13H2. The largest absolute Gasteiger partial charge is 0.349 e. The predicted octanol–water partition coefficient (Wildman–Crippen LogP) is 5.18. The van der Waals surface area contributed by atoms with Crippen LogP contribution in [0.25, 0.3) is 22.2 Å².